The molecule has 2 atom stereocenters. The second-order valence-corrected chi connectivity index (χ2v) is 4.61. The number of nitrogens with zero attached hydrogens (tertiary/aromatic N) is 2. The number of hydrogen-bond acceptors (Lipinski definition) is 3. The van der Waals surface area contributed by atoms with Crippen LogP contribution in [0.2, 0.25) is 0 Å². The predicted molar refractivity (Wildman–Crippen MR) is 50.1 cm³/mol. The Kier molecular flexibility index (Phi) is 1.70. The van der Waals surface area contributed by atoms with Gasteiger partial charge in [-0.15, -0.1) is 0 Å². The first kappa shape index (κ1) is 8.69. The van der Waals surface area contributed by atoms with Crippen molar-refractivity contribution >= 4 is 0 Å². The van der Waals surface area contributed by atoms with Gasteiger partial charge >= 0.3 is 0 Å². The molecule has 0 amide bonds. The van der Waals surface area contributed by atoms with Gasteiger partial charge in [-0.05, 0) is 18.8 Å². The topological polar surface area (TPSA) is 67.6 Å². The van der Waals surface area contributed by atoms with Crippen LogP contribution in [0.1, 0.15) is 50.8 Å². The van der Waals surface area contributed by atoms with Crippen LogP contribution in [0.5, 0.6) is 0 Å². The molecule has 0 aromatic carbocycles. The van der Waals surface area contributed by atoms with Crippen LogP contribution in [0.3, 0.4) is 0 Å². The molecule has 1 aliphatic carbocycles. The molecule has 2 unspecified atom stereocenters. The number of aromatic nitrogens is 3. The highest BCUT2D eigenvalue weighted by Crippen LogP contribution is 2.57. The van der Waals surface area contributed by atoms with Crippen molar-refractivity contribution in [2.45, 2.75) is 39.2 Å². The van der Waals surface area contributed by atoms with Crippen molar-refractivity contribution in [1.29, 1.82) is 0 Å². The van der Waals surface area contributed by atoms with E-state index in [0.717, 1.165) is 11.6 Å². The molecule has 1 fully saturated rings. The number of hydrogen-bond donors (Lipinski definition) is 2. The Morgan fingerprint density at radius 3 is 2.62 bits per heavy atom. The van der Waals surface area contributed by atoms with E-state index in [1.54, 1.807) is 0 Å². The summed E-state index contributed by atoms with van der Waals surface area (Å²) in [4.78, 5) is 4.38. The molecular formula is C9H16N4. The average molecular weight is 180 g/mol. The van der Waals surface area contributed by atoms with E-state index in [9.17, 15) is 0 Å². The van der Waals surface area contributed by atoms with Crippen LogP contribution in [0, 0.1) is 5.41 Å². The van der Waals surface area contributed by atoms with Crippen molar-refractivity contribution in [2.75, 3.05) is 0 Å². The van der Waals surface area contributed by atoms with Crippen LogP contribution in [0.25, 0.3) is 0 Å². The minimum atomic E-state index is -0.0770. The largest absolute Gasteiger partial charge is 0.321 e. The van der Waals surface area contributed by atoms with E-state index in [1.165, 1.54) is 6.42 Å². The van der Waals surface area contributed by atoms with Crippen molar-refractivity contribution in [2.24, 2.45) is 11.1 Å². The summed E-state index contributed by atoms with van der Waals surface area (Å²) in [5.41, 5.74) is 6.07. The van der Waals surface area contributed by atoms with Gasteiger partial charge in [-0.1, -0.05) is 13.8 Å². The summed E-state index contributed by atoms with van der Waals surface area (Å²) in [7, 11) is 0. The van der Waals surface area contributed by atoms with E-state index in [-0.39, 0.29) is 6.04 Å². The van der Waals surface area contributed by atoms with E-state index in [0.29, 0.717) is 11.3 Å². The highest BCUT2D eigenvalue weighted by Gasteiger charge is 2.48. The standard InChI is InChI=1S/C9H16N4/c1-5(10)7-11-8(13-12-7)6-4-9(6,2)3/h5-6H,4,10H2,1-3H3,(H,11,12,13). The van der Waals surface area contributed by atoms with Gasteiger partial charge in [0.2, 0.25) is 0 Å². The number of H-pyrrole nitrogens is 1. The molecule has 1 aromatic rings. The van der Waals surface area contributed by atoms with Gasteiger partial charge in [-0.25, -0.2) is 4.98 Å². The highest BCUT2D eigenvalue weighted by atomic mass is 15.2. The number of nitrogens with one attached hydrogen (secondary N) is 1. The average Bonchev–Trinajstić information content (AvgIpc) is 2.50. The molecule has 0 spiro atoms. The van der Waals surface area contributed by atoms with Crippen LogP contribution >= 0.6 is 0 Å². The first-order valence-electron chi connectivity index (χ1n) is 4.68. The first-order valence-corrected chi connectivity index (χ1v) is 4.68. The van der Waals surface area contributed by atoms with Crippen molar-refractivity contribution in [3.05, 3.63) is 11.6 Å². The molecule has 3 N–H and O–H groups in total. The Morgan fingerprint density at radius 1 is 1.62 bits per heavy atom. The highest BCUT2D eigenvalue weighted by molar-refractivity contribution is 5.15. The lowest BCUT2D eigenvalue weighted by molar-refractivity contribution is 0.609. The molecule has 0 saturated heterocycles. The molecule has 0 radical (unpaired) electrons. The molecule has 4 heteroatoms. The fraction of sp³-hybridized carbons (Fsp3) is 0.778. The zero-order chi connectivity index (χ0) is 9.64. The zero-order valence-electron chi connectivity index (χ0n) is 8.33. The lowest BCUT2D eigenvalue weighted by Gasteiger charge is -1.98. The second kappa shape index (κ2) is 2.54. The van der Waals surface area contributed by atoms with Crippen LogP contribution in [0.4, 0.5) is 0 Å². The summed E-state index contributed by atoms with van der Waals surface area (Å²) >= 11 is 0. The van der Waals surface area contributed by atoms with Gasteiger partial charge in [0.1, 0.15) is 5.82 Å². The zero-order valence-corrected chi connectivity index (χ0v) is 8.33. The molecule has 1 heterocycles. The van der Waals surface area contributed by atoms with E-state index >= 15 is 0 Å². The smallest absolute Gasteiger partial charge is 0.167 e. The van der Waals surface area contributed by atoms with Crippen LogP contribution in [-0.2, 0) is 0 Å². The molecule has 4 nitrogen and oxygen atoms in total. The van der Waals surface area contributed by atoms with Crippen LogP contribution < -0.4 is 5.73 Å². The molecule has 0 aliphatic heterocycles. The van der Waals surface area contributed by atoms with Gasteiger partial charge in [0.05, 0.1) is 6.04 Å². The minimum absolute atomic E-state index is 0.0770. The fourth-order valence-corrected chi connectivity index (χ4v) is 1.58. The Balaban J connectivity index is 2.16. The summed E-state index contributed by atoms with van der Waals surface area (Å²) in [6, 6.07) is -0.0770. The van der Waals surface area contributed by atoms with E-state index < -0.39 is 0 Å². The Bertz CT molecular complexity index is 313. The van der Waals surface area contributed by atoms with Gasteiger partial charge in [0.15, 0.2) is 5.82 Å². The summed E-state index contributed by atoms with van der Waals surface area (Å²) in [5, 5.41) is 7.04. The maximum absolute atomic E-state index is 5.67. The molecule has 1 saturated carbocycles. The lowest BCUT2D eigenvalue weighted by atomic mass is 10.1. The summed E-state index contributed by atoms with van der Waals surface area (Å²) in [6.07, 6.45) is 1.20. The van der Waals surface area contributed by atoms with E-state index in [4.69, 9.17) is 5.73 Å². The normalized spacial score (nSPS) is 27.2. The quantitative estimate of drug-likeness (QED) is 0.721. The SMILES string of the molecule is CC(N)c1n[nH]c(C2CC2(C)C)n1. The molecule has 13 heavy (non-hydrogen) atoms. The number of rotatable bonds is 2. The van der Waals surface area contributed by atoms with E-state index in [1.807, 2.05) is 6.92 Å². The van der Waals surface area contributed by atoms with Gasteiger partial charge in [-0.2, -0.15) is 5.10 Å². The lowest BCUT2D eigenvalue weighted by Crippen LogP contribution is -2.06. The second-order valence-electron chi connectivity index (χ2n) is 4.61. The summed E-state index contributed by atoms with van der Waals surface area (Å²) in [5.74, 6) is 2.27. The predicted octanol–water partition coefficient (Wildman–Crippen LogP) is 1.34. The first-order chi connectivity index (χ1) is 6.00. The summed E-state index contributed by atoms with van der Waals surface area (Å²) in [6.45, 7) is 6.38. The molecular weight excluding hydrogens is 164 g/mol. The van der Waals surface area contributed by atoms with Gasteiger partial charge in [0.25, 0.3) is 0 Å². The molecule has 1 aliphatic rings. The Labute approximate surface area is 77.9 Å². The van der Waals surface area contributed by atoms with Crippen molar-refractivity contribution in [3.8, 4) is 0 Å². The number of nitrogens with two attached hydrogens (primary N) is 1. The fourth-order valence-electron chi connectivity index (χ4n) is 1.58. The van der Waals surface area contributed by atoms with Crippen molar-refractivity contribution in [1.82, 2.24) is 15.2 Å². The Hall–Kier alpha value is -0.900. The van der Waals surface area contributed by atoms with Crippen LogP contribution in [0.15, 0.2) is 0 Å². The maximum atomic E-state index is 5.67. The van der Waals surface area contributed by atoms with Gasteiger partial charge in [-0.3, -0.25) is 5.10 Å². The van der Waals surface area contributed by atoms with Crippen LogP contribution in [-0.4, -0.2) is 15.2 Å². The monoisotopic (exact) mass is 180 g/mol. The minimum Gasteiger partial charge on any atom is -0.321 e. The van der Waals surface area contributed by atoms with Crippen molar-refractivity contribution in [3.63, 3.8) is 0 Å². The third-order valence-electron chi connectivity index (χ3n) is 2.77. The molecule has 1 aromatic heterocycles. The van der Waals surface area contributed by atoms with E-state index in [2.05, 4.69) is 29.0 Å². The molecule has 0 bridgehead atoms. The number of aromatic amines is 1. The van der Waals surface area contributed by atoms with Gasteiger partial charge < -0.3 is 5.73 Å². The summed E-state index contributed by atoms with van der Waals surface area (Å²) < 4.78 is 0. The van der Waals surface area contributed by atoms with Crippen molar-refractivity contribution < 1.29 is 0 Å². The third kappa shape index (κ3) is 1.46. The Morgan fingerprint density at radius 2 is 2.23 bits per heavy atom. The molecule has 72 valence electrons. The molecule has 2 rings (SSSR count). The third-order valence-corrected chi connectivity index (χ3v) is 2.77. The van der Waals surface area contributed by atoms with Gasteiger partial charge in [0, 0.05) is 5.92 Å². The maximum Gasteiger partial charge on any atom is 0.167 e.